The zero-order valence-electron chi connectivity index (χ0n) is 16.6. The quantitative estimate of drug-likeness (QED) is 0.575. The molecule has 0 amide bonds. The average Bonchev–Trinajstić information content (AvgIpc) is 3.12. The number of hydrogen-bond acceptors (Lipinski definition) is 4. The van der Waals surface area contributed by atoms with Gasteiger partial charge in [-0.25, -0.2) is 0 Å². The molecule has 0 aromatic rings. The average molecular weight is 352 g/mol. The number of rotatable bonds is 5. The van der Waals surface area contributed by atoms with Crippen LogP contribution in [0.1, 0.15) is 39.0 Å². The fraction of sp³-hybridized carbons (Fsp3) is 0.947. The number of hydrogen-bond donors (Lipinski definition) is 2. The largest absolute Gasteiger partial charge is 0.378 e. The zero-order chi connectivity index (χ0) is 17.9. The molecule has 3 unspecified atom stereocenters. The van der Waals surface area contributed by atoms with Crippen LogP contribution in [0.25, 0.3) is 0 Å². The Labute approximate surface area is 153 Å². The van der Waals surface area contributed by atoms with E-state index in [0.29, 0.717) is 23.6 Å². The second-order valence-corrected chi connectivity index (χ2v) is 8.17. The van der Waals surface area contributed by atoms with Crippen LogP contribution in [0.15, 0.2) is 4.99 Å². The summed E-state index contributed by atoms with van der Waals surface area (Å²) in [5.74, 6) is 0.952. The molecule has 6 nitrogen and oxygen atoms in total. The highest BCUT2D eigenvalue weighted by Crippen LogP contribution is 2.54. The lowest BCUT2D eigenvalue weighted by atomic mass is 9.60. The van der Waals surface area contributed by atoms with Gasteiger partial charge in [0.15, 0.2) is 5.96 Å². The summed E-state index contributed by atoms with van der Waals surface area (Å²) in [5.41, 5.74) is 0.343. The lowest BCUT2D eigenvalue weighted by molar-refractivity contribution is -0.125. The molecule has 3 aliphatic rings. The Bertz CT molecular complexity index is 463. The van der Waals surface area contributed by atoms with Gasteiger partial charge in [0.05, 0.1) is 6.10 Å². The molecule has 0 aromatic heterocycles. The summed E-state index contributed by atoms with van der Waals surface area (Å²) in [6, 6.07) is 1.04. The first-order valence-corrected chi connectivity index (χ1v) is 10.1. The van der Waals surface area contributed by atoms with E-state index >= 15 is 0 Å². The van der Waals surface area contributed by atoms with Crippen molar-refractivity contribution in [2.45, 2.75) is 57.2 Å². The van der Waals surface area contributed by atoms with Gasteiger partial charge in [-0.05, 0) is 40.3 Å². The van der Waals surface area contributed by atoms with E-state index in [0.717, 1.165) is 45.2 Å². The predicted molar refractivity (Wildman–Crippen MR) is 103 cm³/mol. The number of aliphatic imine (C=N–C) groups is 1. The normalized spacial score (nSPS) is 33.4. The van der Waals surface area contributed by atoms with Gasteiger partial charge in [-0.15, -0.1) is 0 Å². The van der Waals surface area contributed by atoms with Crippen LogP contribution >= 0.6 is 0 Å². The van der Waals surface area contributed by atoms with Crippen LogP contribution in [-0.4, -0.2) is 87.9 Å². The predicted octanol–water partition coefficient (Wildman–Crippen LogP) is 1.14. The minimum atomic E-state index is 0.343. The fourth-order valence-corrected chi connectivity index (χ4v) is 4.98. The summed E-state index contributed by atoms with van der Waals surface area (Å²) in [6.45, 7) is 7.28. The molecule has 2 aliphatic carbocycles. The molecule has 0 aromatic carbocycles. The maximum Gasteiger partial charge on any atom is 0.191 e. The number of likely N-dealkylation sites (N-methyl/N-ethyl adjacent to an activating group) is 2. The van der Waals surface area contributed by atoms with Crippen LogP contribution in [0.5, 0.6) is 0 Å². The monoisotopic (exact) mass is 351 g/mol. The zero-order valence-corrected chi connectivity index (χ0v) is 16.6. The van der Waals surface area contributed by atoms with Gasteiger partial charge >= 0.3 is 0 Å². The molecule has 0 bridgehead atoms. The summed E-state index contributed by atoms with van der Waals surface area (Å²) < 4.78 is 6.03. The van der Waals surface area contributed by atoms with Gasteiger partial charge in [0, 0.05) is 57.3 Å². The molecule has 1 saturated heterocycles. The summed E-state index contributed by atoms with van der Waals surface area (Å²) in [4.78, 5) is 9.35. The number of guanidine groups is 1. The van der Waals surface area contributed by atoms with Crippen molar-refractivity contribution in [3.63, 3.8) is 0 Å². The van der Waals surface area contributed by atoms with E-state index in [2.05, 4.69) is 46.4 Å². The molecule has 3 rings (SSSR count). The van der Waals surface area contributed by atoms with Gasteiger partial charge in [0.2, 0.25) is 0 Å². The highest BCUT2D eigenvalue weighted by atomic mass is 16.5. The van der Waals surface area contributed by atoms with Crippen molar-refractivity contribution in [1.82, 2.24) is 20.4 Å². The van der Waals surface area contributed by atoms with Crippen LogP contribution in [0.4, 0.5) is 0 Å². The third-order valence-electron chi connectivity index (χ3n) is 6.71. The Kier molecular flexibility index (Phi) is 6.23. The molecule has 1 heterocycles. The first-order valence-electron chi connectivity index (χ1n) is 10.1. The topological polar surface area (TPSA) is 52.1 Å². The highest BCUT2D eigenvalue weighted by Gasteiger charge is 2.56. The molecule has 1 spiro atoms. The van der Waals surface area contributed by atoms with E-state index in [1.54, 1.807) is 0 Å². The number of nitrogens with one attached hydrogen (secondary N) is 2. The van der Waals surface area contributed by atoms with E-state index in [1.807, 2.05) is 7.05 Å². The van der Waals surface area contributed by atoms with Gasteiger partial charge < -0.3 is 20.3 Å². The van der Waals surface area contributed by atoms with E-state index in [4.69, 9.17) is 4.74 Å². The second kappa shape index (κ2) is 8.23. The fourth-order valence-electron chi connectivity index (χ4n) is 4.98. The van der Waals surface area contributed by atoms with Gasteiger partial charge in [0.25, 0.3) is 0 Å². The van der Waals surface area contributed by atoms with Crippen molar-refractivity contribution < 1.29 is 4.74 Å². The maximum atomic E-state index is 6.03. The first kappa shape index (κ1) is 18.9. The Hall–Kier alpha value is -0.850. The van der Waals surface area contributed by atoms with Gasteiger partial charge in [-0.1, -0.05) is 12.8 Å². The Balaban J connectivity index is 1.52. The van der Waals surface area contributed by atoms with E-state index in [1.165, 1.54) is 25.7 Å². The molecule has 0 radical (unpaired) electrons. The minimum absolute atomic E-state index is 0.343. The van der Waals surface area contributed by atoms with E-state index in [9.17, 15) is 0 Å². The van der Waals surface area contributed by atoms with Crippen molar-refractivity contribution in [3.05, 3.63) is 0 Å². The minimum Gasteiger partial charge on any atom is -0.378 e. The molecule has 2 N–H and O–H groups in total. The summed E-state index contributed by atoms with van der Waals surface area (Å²) in [6.07, 6.45) is 6.82. The molecule has 2 saturated carbocycles. The van der Waals surface area contributed by atoms with Crippen molar-refractivity contribution in [1.29, 1.82) is 0 Å². The van der Waals surface area contributed by atoms with Crippen LogP contribution in [0, 0.1) is 5.41 Å². The molecular formula is C19H37N5O. The van der Waals surface area contributed by atoms with Crippen LogP contribution < -0.4 is 10.6 Å². The molecule has 6 heteroatoms. The van der Waals surface area contributed by atoms with Crippen LogP contribution in [0.2, 0.25) is 0 Å². The molecule has 1 aliphatic heterocycles. The molecule has 144 valence electrons. The van der Waals surface area contributed by atoms with Crippen molar-refractivity contribution in [3.8, 4) is 0 Å². The summed E-state index contributed by atoms with van der Waals surface area (Å²) in [7, 11) is 6.31. The number of piperazine rings is 1. The molecule has 25 heavy (non-hydrogen) atoms. The highest BCUT2D eigenvalue weighted by molar-refractivity contribution is 5.80. The summed E-state index contributed by atoms with van der Waals surface area (Å²) >= 11 is 0. The van der Waals surface area contributed by atoms with Crippen molar-refractivity contribution in [2.24, 2.45) is 10.4 Å². The standard InChI is InChI=1S/C19H37N5O/c1-5-25-17-12-16(19(17)8-6-7-9-19)22-18(20-2)21-13-15-14-23(3)10-11-24(15)4/h15-17H,5-14H2,1-4H3,(H2,20,21,22). The third kappa shape index (κ3) is 3.96. The lowest BCUT2D eigenvalue weighted by Crippen LogP contribution is -2.65. The lowest BCUT2D eigenvalue weighted by Gasteiger charge is -2.54. The maximum absolute atomic E-state index is 6.03. The summed E-state index contributed by atoms with van der Waals surface area (Å²) in [5, 5.41) is 7.29. The van der Waals surface area contributed by atoms with Gasteiger partial charge in [-0.3, -0.25) is 9.89 Å². The first-order chi connectivity index (χ1) is 12.1. The SMILES string of the molecule is CCOC1CC(NC(=NC)NCC2CN(C)CCN2C)C12CCCC2. The van der Waals surface area contributed by atoms with Crippen molar-refractivity contribution in [2.75, 3.05) is 53.9 Å². The van der Waals surface area contributed by atoms with Crippen LogP contribution in [0.3, 0.4) is 0 Å². The van der Waals surface area contributed by atoms with Crippen molar-refractivity contribution >= 4 is 5.96 Å². The van der Waals surface area contributed by atoms with E-state index in [-0.39, 0.29) is 0 Å². The third-order valence-corrected chi connectivity index (χ3v) is 6.71. The second-order valence-electron chi connectivity index (χ2n) is 8.17. The number of ether oxygens (including phenoxy) is 1. The smallest absolute Gasteiger partial charge is 0.191 e. The van der Waals surface area contributed by atoms with Gasteiger partial charge in [-0.2, -0.15) is 0 Å². The molecule has 3 fully saturated rings. The van der Waals surface area contributed by atoms with Gasteiger partial charge in [0.1, 0.15) is 0 Å². The van der Waals surface area contributed by atoms with Crippen LogP contribution in [-0.2, 0) is 4.74 Å². The Morgan fingerprint density at radius 3 is 2.68 bits per heavy atom. The Morgan fingerprint density at radius 1 is 1.24 bits per heavy atom. The van der Waals surface area contributed by atoms with E-state index < -0.39 is 0 Å². The molecule has 3 atom stereocenters. The Morgan fingerprint density at radius 2 is 2.00 bits per heavy atom. The number of nitrogens with zero attached hydrogens (tertiary/aromatic N) is 3. The molecular weight excluding hydrogens is 314 g/mol.